The number of amides is 1. The van der Waals surface area contributed by atoms with E-state index in [2.05, 4.69) is 0 Å². The van der Waals surface area contributed by atoms with E-state index >= 15 is 0 Å². The number of ether oxygens (including phenoxy) is 1. The predicted octanol–water partition coefficient (Wildman–Crippen LogP) is -2.55. The summed E-state index contributed by atoms with van der Waals surface area (Å²) in [5.41, 5.74) is 0.528. The third kappa shape index (κ3) is 4.43. The molecule has 1 aromatic rings. The number of carboxylic acids is 1. The topological polar surface area (TPSA) is 113 Å². The molecule has 0 aromatic heterocycles. The molecular formula is C13H13N2NaO6. The van der Waals surface area contributed by atoms with Gasteiger partial charge in [-0.25, -0.2) is 4.79 Å². The maximum Gasteiger partial charge on any atom is 1.00 e. The van der Waals surface area contributed by atoms with Gasteiger partial charge in [-0.1, -0.05) is 0 Å². The number of hydrogen-bond acceptors (Lipinski definition) is 6. The first kappa shape index (κ1) is 18.4. The maximum atomic E-state index is 11.8. The number of non-ortho nitro benzene ring substituents is 1. The fourth-order valence-corrected chi connectivity index (χ4v) is 2.17. The van der Waals surface area contributed by atoms with E-state index in [9.17, 15) is 24.8 Å². The van der Waals surface area contributed by atoms with Gasteiger partial charge in [0.2, 0.25) is 0 Å². The number of nitro groups is 1. The molecule has 1 aliphatic heterocycles. The van der Waals surface area contributed by atoms with Crippen molar-refractivity contribution in [3.63, 3.8) is 0 Å². The van der Waals surface area contributed by atoms with E-state index in [1.807, 2.05) is 0 Å². The Morgan fingerprint density at radius 1 is 1.32 bits per heavy atom. The number of nitrogens with zero attached hydrogens (tertiary/aromatic N) is 2. The molecule has 0 aliphatic carbocycles. The van der Waals surface area contributed by atoms with Crippen LogP contribution in [0.3, 0.4) is 0 Å². The minimum atomic E-state index is -1.29. The van der Waals surface area contributed by atoms with Gasteiger partial charge in [0.25, 0.3) is 5.69 Å². The zero-order valence-corrected chi connectivity index (χ0v) is 14.1. The third-order valence-electron chi connectivity index (χ3n) is 3.27. The minimum absolute atomic E-state index is 0. The van der Waals surface area contributed by atoms with Crippen molar-refractivity contribution in [1.29, 1.82) is 0 Å². The molecule has 8 nitrogen and oxygen atoms in total. The Morgan fingerprint density at radius 3 is 2.50 bits per heavy atom. The second kappa shape index (κ2) is 8.11. The molecule has 1 saturated heterocycles. The molecule has 1 fully saturated rings. The molecule has 22 heavy (non-hydrogen) atoms. The molecule has 1 amide bonds. The van der Waals surface area contributed by atoms with Crippen molar-refractivity contribution in [2.45, 2.75) is 25.5 Å². The van der Waals surface area contributed by atoms with E-state index in [-0.39, 0.29) is 41.9 Å². The first-order chi connectivity index (χ1) is 9.99. The molecule has 1 aliphatic rings. The van der Waals surface area contributed by atoms with E-state index in [1.54, 1.807) is 0 Å². The standard InChI is InChI=1S/C13H14N2O6.Na/c16-12(17)11-2-1-7-14(11)13(18)21-8-9-3-5-10(6-4-9)15(19)20;/h3-6,11H,1-2,7-8H2,(H,16,17);/q;+1/p-1/t11-;/m0./s1. The summed E-state index contributed by atoms with van der Waals surface area (Å²) in [6, 6.07) is 4.62. The molecule has 0 bridgehead atoms. The van der Waals surface area contributed by atoms with Crippen molar-refractivity contribution in [1.82, 2.24) is 4.90 Å². The van der Waals surface area contributed by atoms with Crippen molar-refractivity contribution in [2.75, 3.05) is 6.54 Å². The van der Waals surface area contributed by atoms with Crippen molar-refractivity contribution >= 4 is 17.7 Å². The van der Waals surface area contributed by atoms with E-state index in [4.69, 9.17) is 4.74 Å². The number of rotatable bonds is 4. The molecule has 0 saturated carbocycles. The molecular weight excluding hydrogens is 303 g/mol. The molecule has 1 atom stereocenters. The minimum Gasteiger partial charge on any atom is -0.548 e. The van der Waals surface area contributed by atoms with Gasteiger partial charge in [0.15, 0.2) is 0 Å². The molecule has 112 valence electrons. The van der Waals surface area contributed by atoms with Crippen molar-refractivity contribution in [3.05, 3.63) is 39.9 Å². The largest absolute Gasteiger partial charge is 1.00 e. The Morgan fingerprint density at radius 2 is 1.95 bits per heavy atom. The van der Waals surface area contributed by atoms with Crippen LogP contribution in [-0.4, -0.2) is 34.5 Å². The van der Waals surface area contributed by atoms with Gasteiger partial charge >= 0.3 is 35.7 Å². The number of hydrogen-bond donors (Lipinski definition) is 0. The molecule has 1 heterocycles. The number of nitro benzene ring substituents is 1. The SMILES string of the molecule is O=C([O-])[C@@H]1CCCN1C(=O)OCc1ccc([N+](=O)[O-])cc1.[Na+]. The summed E-state index contributed by atoms with van der Waals surface area (Å²) >= 11 is 0. The smallest absolute Gasteiger partial charge is 0.548 e. The monoisotopic (exact) mass is 316 g/mol. The van der Waals surface area contributed by atoms with Crippen molar-refractivity contribution in [2.24, 2.45) is 0 Å². The molecule has 2 rings (SSSR count). The maximum absolute atomic E-state index is 11.8. The molecule has 1 aromatic carbocycles. The van der Waals surface area contributed by atoms with E-state index in [1.165, 1.54) is 24.3 Å². The van der Waals surface area contributed by atoms with Crippen LogP contribution < -0.4 is 34.7 Å². The second-order valence-corrected chi connectivity index (χ2v) is 4.65. The quantitative estimate of drug-likeness (QED) is 0.343. The Hall–Kier alpha value is -1.64. The average Bonchev–Trinajstić information content (AvgIpc) is 2.95. The normalized spacial score (nSPS) is 16.7. The number of carbonyl (C=O) groups excluding carboxylic acids is 2. The first-order valence-electron chi connectivity index (χ1n) is 6.36. The van der Waals surface area contributed by atoms with Crippen LogP contribution in [-0.2, 0) is 16.1 Å². The fraction of sp³-hybridized carbons (Fsp3) is 0.385. The van der Waals surface area contributed by atoms with Gasteiger partial charge in [-0.15, -0.1) is 0 Å². The van der Waals surface area contributed by atoms with E-state index < -0.39 is 23.0 Å². The van der Waals surface area contributed by atoms with Crippen LogP contribution in [0.2, 0.25) is 0 Å². The van der Waals surface area contributed by atoms with Crippen LogP contribution in [0.4, 0.5) is 10.5 Å². The molecule has 0 radical (unpaired) electrons. The van der Waals surface area contributed by atoms with Gasteiger partial charge in [0.05, 0.1) is 16.9 Å². The summed E-state index contributed by atoms with van der Waals surface area (Å²) < 4.78 is 5.02. The van der Waals surface area contributed by atoms with Crippen LogP contribution in [0.1, 0.15) is 18.4 Å². The summed E-state index contributed by atoms with van der Waals surface area (Å²) in [5, 5.41) is 21.4. The second-order valence-electron chi connectivity index (χ2n) is 4.65. The Balaban J connectivity index is 0.00000242. The van der Waals surface area contributed by atoms with Gasteiger partial charge in [-0.3, -0.25) is 15.0 Å². The summed E-state index contributed by atoms with van der Waals surface area (Å²) in [6.45, 7) is 0.241. The van der Waals surface area contributed by atoms with Gasteiger partial charge in [0, 0.05) is 18.7 Å². The molecule has 9 heteroatoms. The number of likely N-dealkylation sites (tertiary alicyclic amines) is 1. The average molecular weight is 316 g/mol. The van der Waals surface area contributed by atoms with E-state index in [0.717, 1.165) is 4.90 Å². The van der Waals surface area contributed by atoms with Crippen LogP contribution in [0.25, 0.3) is 0 Å². The first-order valence-corrected chi connectivity index (χ1v) is 6.36. The third-order valence-corrected chi connectivity index (χ3v) is 3.27. The predicted molar refractivity (Wildman–Crippen MR) is 68.0 cm³/mol. The zero-order valence-electron chi connectivity index (χ0n) is 12.1. The van der Waals surface area contributed by atoms with Gasteiger partial charge in [-0.05, 0) is 30.5 Å². The summed E-state index contributed by atoms with van der Waals surface area (Å²) in [4.78, 5) is 33.8. The Kier molecular flexibility index (Phi) is 6.79. The van der Waals surface area contributed by atoms with Crippen molar-refractivity contribution < 1.29 is 53.9 Å². The number of carboxylic acid groups (broad SMARTS) is 1. The molecule has 0 spiro atoms. The molecule has 0 N–H and O–H groups in total. The van der Waals surface area contributed by atoms with Gasteiger partial charge < -0.3 is 14.6 Å². The Bertz CT molecular complexity index is 562. The van der Waals surface area contributed by atoms with Crippen molar-refractivity contribution in [3.8, 4) is 0 Å². The van der Waals surface area contributed by atoms with Crippen LogP contribution in [0.15, 0.2) is 24.3 Å². The van der Waals surface area contributed by atoms with E-state index in [0.29, 0.717) is 24.9 Å². The van der Waals surface area contributed by atoms with Crippen LogP contribution >= 0.6 is 0 Å². The summed E-state index contributed by atoms with van der Waals surface area (Å²) in [5.74, 6) is -1.29. The van der Waals surface area contributed by atoms with Gasteiger partial charge in [0.1, 0.15) is 6.61 Å². The number of benzene rings is 1. The Labute approximate surface area is 148 Å². The fourth-order valence-electron chi connectivity index (χ4n) is 2.17. The summed E-state index contributed by atoms with van der Waals surface area (Å²) in [7, 11) is 0. The van der Waals surface area contributed by atoms with Gasteiger partial charge in [-0.2, -0.15) is 0 Å². The number of carbonyl (C=O) groups is 2. The summed E-state index contributed by atoms with van der Waals surface area (Å²) in [6.07, 6.45) is 0.223. The molecule has 0 unspecified atom stereocenters. The van der Waals surface area contributed by atoms with Crippen LogP contribution in [0, 0.1) is 10.1 Å². The zero-order chi connectivity index (χ0) is 15.4. The van der Waals surface area contributed by atoms with Crippen LogP contribution in [0.5, 0.6) is 0 Å². The number of aliphatic carboxylic acids is 1.